The van der Waals surface area contributed by atoms with Gasteiger partial charge >= 0.3 is 5.97 Å². The normalized spacial score (nSPS) is 24.1. The van der Waals surface area contributed by atoms with Crippen LogP contribution >= 0.6 is 0 Å². The number of hydrogen-bond acceptors (Lipinski definition) is 6. The van der Waals surface area contributed by atoms with Crippen molar-refractivity contribution in [2.75, 3.05) is 44.8 Å². The molecule has 1 N–H and O–H groups in total. The molecule has 2 aromatic rings. The maximum Gasteiger partial charge on any atom is 0.343 e. The number of rotatable bonds is 3. The van der Waals surface area contributed by atoms with Gasteiger partial charge < -0.3 is 19.3 Å². The zero-order valence-corrected chi connectivity index (χ0v) is 14.1. The average molecular weight is 343 g/mol. The van der Waals surface area contributed by atoms with E-state index in [1.807, 2.05) is 35.2 Å². The van der Waals surface area contributed by atoms with Crippen molar-refractivity contribution in [3.05, 3.63) is 35.9 Å². The van der Waals surface area contributed by atoms with E-state index < -0.39 is 5.97 Å². The number of likely N-dealkylation sites (N-methyl/N-ethyl adjacent to an activating group) is 1. The molecule has 0 amide bonds. The van der Waals surface area contributed by atoms with Crippen LogP contribution in [-0.2, 0) is 4.74 Å². The smallest absolute Gasteiger partial charge is 0.343 e. The second-order valence-corrected chi connectivity index (χ2v) is 6.78. The SMILES string of the molecule is CN1C[C@H]2COC[C@@H]1CN(c1noc(-c3ccccc3)c1C(=O)O)C2. The number of hydrogen-bond donors (Lipinski definition) is 1. The number of carbonyl (C=O) groups is 1. The Morgan fingerprint density at radius 1 is 1.20 bits per heavy atom. The molecule has 1 aromatic heterocycles. The number of ether oxygens (including phenoxy) is 1. The van der Waals surface area contributed by atoms with E-state index >= 15 is 0 Å². The third kappa shape index (κ3) is 3.01. The molecule has 2 atom stereocenters. The number of carboxylic acid groups (broad SMARTS) is 1. The molecule has 1 aromatic carbocycles. The van der Waals surface area contributed by atoms with Gasteiger partial charge in [0, 0.05) is 31.1 Å². The Morgan fingerprint density at radius 3 is 2.76 bits per heavy atom. The highest BCUT2D eigenvalue weighted by Crippen LogP contribution is 2.33. The van der Waals surface area contributed by atoms with E-state index in [0.717, 1.165) is 6.54 Å². The van der Waals surface area contributed by atoms with Crippen LogP contribution in [0.2, 0.25) is 0 Å². The number of aromatic carboxylic acids is 1. The Labute approximate surface area is 145 Å². The van der Waals surface area contributed by atoms with Crippen molar-refractivity contribution in [2.45, 2.75) is 6.04 Å². The predicted molar refractivity (Wildman–Crippen MR) is 91.8 cm³/mol. The van der Waals surface area contributed by atoms with Crippen LogP contribution in [0.25, 0.3) is 11.3 Å². The van der Waals surface area contributed by atoms with Crippen molar-refractivity contribution in [1.29, 1.82) is 0 Å². The van der Waals surface area contributed by atoms with Crippen LogP contribution in [0.15, 0.2) is 34.9 Å². The summed E-state index contributed by atoms with van der Waals surface area (Å²) >= 11 is 0. The fourth-order valence-electron chi connectivity index (χ4n) is 3.70. The number of nitrogens with zero attached hydrogens (tertiary/aromatic N) is 3. The summed E-state index contributed by atoms with van der Waals surface area (Å²) in [6, 6.07) is 9.46. The van der Waals surface area contributed by atoms with E-state index in [9.17, 15) is 9.90 Å². The summed E-state index contributed by atoms with van der Waals surface area (Å²) in [6.07, 6.45) is 0. The van der Waals surface area contributed by atoms with Gasteiger partial charge in [0.15, 0.2) is 17.1 Å². The molecule has 0 radical (unpaired) electrons. The molecule has 7 nitrogen and oxygen atoms in total. The van der Waals surface area contributed by atoms with Crippen molar-refractivity contribution in [3.63, 3.8) is 0 Å². The fraction of sp³-hybridized carbons (Fsp3) is 0.444. The highest BCUT2D eigenvalue weighted by Gasteiger charge is 2.35. The standard InChI is InChI=1S/C18H21N3O4/c1-20-7-12-8-21(9-14(20)11-24-10-12)17-15(18(22)23)16(25-19-17)13-5-3-2-4-6-13/h2-6,12,14H,7-11H2,1H3,(H,22,23)/t12-,14+/m1/s1. The first kappa shape index (κ1) is 16.1. The molecule has 132 valence electrons. The molecule has 0 aliphatic carbocycles. The van der Waals surface area contributed by atoms with Crippen molar-refractivity contribution in [2.24, 2.45) is 5.92 Å². The van der Waals surface area contributed by atoms with Crippen LogP contribution in [0.5, 0.6) is 0 Å². The number of fused-ring (bicyclic) bond motifs is 3. The molecular weight excluding hydrogens is 322 g/mol. The van der Waals surface area contributed by atoms with E-state index in [1.54, 1.807) is 0 Å². The maximum atomic E-state index is 12.0. The molecule has 0 unspecified atom stereocenters. The van der Waals surface area contributed by atoms with E-state index in [1.165, 1.54) is 0 Å². The fourth-order valence-corrected chi connectivity index (χ4v) is 3.70. The molecule has 0 spiro atoms. The van der Waals surface area contributed by atoms with Crippen molar-refractivity contribution < 1.29 is 19.2 Å². The van der Waals surface area contributed by atoms with Crippen LogP contribution < -0.4 is 4.90 Å². The van der Waals surface area contributed by atoms with Gasteiger partial charge in [-0.15, -0.1) is 0 Å². The van der Waals surface area contributed by atoms with E-state index in [0.29, 0.717) is 49.4 Å². The van der Waals surface area contributed by atoms with Gasteiger partial charge in [-0.05, 0) is 7.05 Å². The third-order valence-electron chi connectivity index (χ3n) is 4.97. The van der Waals surface area contributed by atoms with E-state index in [4.69, 9.17) is 9.26 Å². The summed E-state index contributed by atoms with van der Waals surface area (Å²) < 4.78 is 11.2. The van der Waals surface area contributed by atoms with Gasteiger partial charge in [0.05, 0.1) is 19.3 Å². The highest BCUT2D eigenvalue weighted by atomic mass is 16.5. The molecule has 3 heterocycles. The van der Waals surface area contributed by atoms with Crippen LogP contribution in [0, 0.1) is 5.92 Å². The first-order valence-electron chi connectivity index (χ1n) is 8.45. The van der Waals surface area contributed by atoms with Crippen molar-refractivity contribution >= 4 is 11.8 Å². The van der Waals surface area contributed by atoms with Crippen molar-refractivity contribution in [3.8, 4) is 11.3 Å². The summed E-state index contributed by atoms with van der Waals surface area (Å²) in [5.74, 6) is 0.0193. The molecule has 4 rings (SSSR count). The number of aromatic nitrogens is 1. The zero-order valence-electron chi connectivity index (χ0n) is 14.1. The molecule has 2 bridgehead atoms. The lowest BCUT2D eigenvalue weighted by Gasteiger charge is -2.29. The third-order valence-corrected chi connectivity index (χ3v) is 4.97. The Morgan fingerprint density at radius 2 is 2.00 bits per heavy atom. The summed E-state index contributed by atoms with van der Waals surface area (Å²) in [7, 11) is 2.09. The quantitative estimate of drug-likeness (QED) is 0.910. The van der Waals surface area contributed by atoms with Gasteiger partial charge in [-0.3, -0.25) is 4.90 Å². The topological polar surface area (TPSA) is 79.0 Å². The summed E-state index contributed by atoms with van der Waals surface area (Å²) in [5, 5.41) is 13.9. The molecular formula is C18H21N3O4. The molecule has 7 heteroatoms. The first-order valence-corrected chi connectivity index (χ1v) is 8.45. The molecule has 2 aliphatic heterocycles. The lowest BCUT2D eigenvalue weighted by Crippen LogP contribution is -2.42. The van der Waals surface area contributed by atoms with Gasteiger partial charge in [-0.2, -0.15) is 0 Å². The molecule has 2 aliphatic rings. The predicted octanol–water partition coefficient (Wildman–Crippen LogP) is 1.81. The lowest BCUT2D eigenvalue weighted by atomic mass is 10.1. The van der Waals surface area contributed by atoms with Gasteiger partial charge in [-0.25, -0.2) is 4.79 Å². The minimum absolute atomic E-state index is 0.134. The number of anilines is 1. The lowest BCUT2D eigenvalue weighted by molar-refractivity contribution is 0.0697. The largest absolute Gasteiger partial charge is 0.477 e. The number of carboxylic acids is 1. The summed E-state index contributed by atoms with van der Waals surface area (Å²) in [4.78, 5) is 16.3. The minimum Gasteiger partial charge on any atom is -0.477 e. The molecule has 2 fully saturated rings. The maximum absolute atomic E-state index is 12.0. The second kappa shape index (κ2) is 6.50. The summed E-state index contributed by atoms with van der Waals surface area (Å²) in [6.45, 7) is 3.65. The van der Waals surface area contributed by atoms with Crippen LogP contribution in [0.3, 0.4) is 0 Å². The Kier molecular flexibility index (Phi) is 4.19. The van der Waals surface area contributed by atoms with Gasteiger partial charge in [-0.1, -0.05) is 35.5 Å². The molecule has 2 saturated heterocycles. The van der Waals surface area contributed by atoms with Crippen LogP contribution in [-0.4, -0.2) is 67.1 Å². The average Bonchev–Trinajstić information content (AvgIpc) is 2.88. The first-order chi connectivity index (χ1) is 12.1. The van der Waals surface area contributed by atoms with E-state index in [2.05, 4.69) is 17.1 Å². The minimum atomic E-state index is -1.02. The monoisotopic (exact) mass is 343 g/mol. The molecule has 25 heavy (non-hydrogen) atoms. The summed E-state index contributed by atoms with van der Waals surface area (Å²) in [5.41, 5.74) is 0.851. The van der Waals surface area contributed by atoms with Gasteiger partial charge in [0.25, 0.3) is 0 Å². The molecule has 0 saturated carbocycles. The second-order valence-electron chi connectivity index (χ2n) is 6.78. The van der Waals surface area contributed by atoms with Gasteiger partial charge in [0.2, 0.25) is 0 Å². The van der Waals surface area contributed by atoms with E-state index in [-0.39, 0.29) is 11.6 Å². The Bertz CT molecular complexity index is 761. The van der Waals surface area contributed by atoms with Crippen LogP contribution in [0.4, 0.5) is 5.82 Å². The van der Waals surface area contributed by atoms with Gasteiger partial charge in [0.1, 0.15) is 0 Å². The Balaban J connectivity index is 1.73. The number of benzene rings is 1. The Hall–Kier alpha value is -2.38. The zero-order chi connectivity index (χ0) is 17.4. The highest BCUT2D eigenvalue weighted by molar-refractivity contribution is 5.99. The van der Waals surface area contributed by atoms with Crippen LogP contribution in [0.1, 0.15) is 10.4 Å². The van der Waals surface area contributed by atoms with Crippen molar-refractivity contribution in [1.82, 2.24) is 10.1 Å².